The van der Waals surface area contributed by atoms with Gasteiger partial charge < -0.3 is 8.98 Å². The molecule has 3 heterocycles. The van der Waals surface area contributed by atoms with Gasteiger partial charge >= 0.3 is 0 Å². The van der Waals surface area contributed by atoms with E-state index in [4.69, 9.17) is 4.42 Å². The Morgan fingerprint density at radius 3 is 2.89 bits per heavy atom. The van der Waals surface area contributed by atoms with E-state index in [9.17, 15) is 8.42 Å². The SMILES string of the molecule is Cc1ccc(S(=O)(=O)N2CCn3cnnc3C2)o1. The molecule has 0 fully saturated rings. The molecule has 0 atom stereocenters. The zero-order valence-electron chi connectivity index (χ0n) is 9.78. The summed E-state index contributed by atoms with van der Waals surface area (Å²) in [5, 5.41) is 7.64. The summed E-state index contributed by atoms with van der Waals surface area (Å²) < 4.78 is 33.0. The zero-order valence-corrected chi connectivity index (χ0v) is 10.6. The van der Waals surface area contributed by atoms with Gasteiger partial charge in [0, 0.05) is 13.1 Å². The van der Waals surface area contributed by atoms with Gasteiger partial charge in [-0.15, -0.1) is 10.2 Å². The van der Waals surface area contributed by atoms with Crippen molar-refractivity contribution in [2.75, 3.05) is 6.54 Å². The van der Waals surface area contributed by atoms with Gasteiger partial charge in [0.05, 0.1) is 6.54 Å². The number of aryl methyl sites for hydroxylation is 1. The van der Waals surface area contributed by atoms with E-state index in [1.807, 2.05) is 4.57 Å². The highest BCUT2D eigenvalue weighted by atomic mass is 32.2. The van der Waals surface area contributed by atoms with Gasteiger partial charge in [0.2, 0.25) is 5.09 Å². The molecule has 0 saturated carbocycles. The van der Waals surface area contributed by atoms with Crippen molar-refractivity contribution < 1.29 is 12.8 Å². The van der Waals surface area contributed by atoms with Crippen LogP contribution in [0.1, 0.15) is 11.6 Å². The quantitative estimate of drug-likeness (QED) is 0.786. The molecule has 0 aliphatic carbocycles. The summed E-state index contributed by atoms with van der Waals surface area (Å²) in [5.74, 6) is 1.22. The Bertz CT molecular complexity index is 673. The Morgan fingerprint density at radius 2 is 2.17 bits per heavy atom. The van der Waals surface area contributed by atoms with Gasteiger partial charge in [-0.2, -0.15) is 4.31 Å². The maximum absolute atomic E-state index is 12.3. The average Bonchev–Trinajstić information content (AvgIpc) is 2.96. The van der Waals surface area contributed by atoms with Crippen LogP contribution >= 0.6 is 0 Å². The lowest BCUT2D eigenvalue weighted by molar-refractivity contribution is 0.320. The van der Waals surface area contributed by atoms with Crippen molar-refractivity contribution in [1.82, 2.24) is 19.1 Å². The molecule has 18 heavy (non-hydrogen) atoms. The van der Waals surface area contributed by atoms with Crippen LogP contribution in [-0.2, 0) is 23.1 Å². The van der Waals surface area contributed by atoms with E-state index >= 15 is 0 Å². The van der Waals surface area contributed by atoms with E-state index in [1.165, 1.54) is 10.4 Å². The predicted molar refractivity (Wildman–Crippen MR) is 61.1 cm³/mol. The largest absolute Gasteiger partial charge is 0.449 e. The highest BCUT2D eigenvalue weighted by Gasteiger charge is 2.31. The topological polar surface area (TPSA) is 81.2 Å². The van der Waals surface area contributed by atoms with Crippen LogP contribution in [0.15, 0.2) is 28.0 Å². The van der Waals surface area contributed by atoms with Crippen LogP contribution in [0.4, 0.5) is 0 Å². The number of aromatic nitrogens is 3. The highest BCUT2D eigenvalue weighted by molar-refractivity contribution is 7.89. The third-order valence-electron chi connectivity index (χ3n) is 2.91. The van der Waals surface area contributed by atoms with Gasteiger partial charge in [0.1, 0.15) is 17.9 Å². The molecule has 0 N–H and O–H groups in total. The lowest BCUT2D eigenvalue weighted by Gasteiger charge is -2.25. The number of nitrogens with zero attached hydrogens (tertiary/aromatic N) is 4. The number of hydrogen-bond acceptors (Lipinski definition) is 5. The molecule has 8 heteroatoms. The first-order chi connectivity index (χ1) is 8.57. The molecule has 0 unspecified atom stereocenters. The molecule has 96 valence electrons. The standard InChI is InChI=1S/C10H12N4O3S/c1-8-2-3-10(17-8)18(15,16)14-5-4-13-7-11-12-9(13)6-14/h2-3,7H,4-6H2,1H3. The Balaban J connectivity index is 1.92. The maximum atomic E-state index is 12.3. The Labute approximate surface area is 104 Å². The second-order valence-corrected chi connectivity index (χ2v) is 6.01. The van der Waals surface area contributed by atoms with E-state index in [-0.39, 0.29) is 11.6 Å². The molecule has 3 rings (SSSR count). The first kappa shape index (κ1) is 11.4. The van der Waals surface area contributed by atoms with Crippen LogP contribution in [0.3, 0.4) is 0 Å². The van der Waals surface area contributed by atoms with Crippen LogP contribution in [-0.4, -0.2) is 34.0 Å². The molecule has 2 aromatic rings. The summed E-state index contributed by atoms with van der Waals surface area (Å²) in [6.45, 7) is 2.89. The van der Waals surface area contributed by atoms with Gasteiger partial charge in [-0.3, -0.25) is 0 Å². The Hall–Kier alpha value is -1.67. The van der Waals surface area contributed by atoms with E-state index in [2.05, 4.69) is 10.2 Å². The molecule has 0 amide bonds. The molecule has 1 aliphatic heterocycles. The summed E-state index contributed by atoms with van der Waals surface area (Å²) in [5.41, 5.74) is 0. The monoisotopic (exact) mass is 268 g/mol. The second-order valence-electron chi connectivity index (χ2n) is 4.14. The van der Waals surface area contributed by atoms with E-state index in [0.717, 1.165) is 0 Å². The van der Waals surface area contributed by atoms with Gasteiger partial charge in [0.15, 0.2) is 0 Å². The molecule has 0 aromatic carbocycles. The number of hydrogen-bond donors (Lipinski definition) is 0. The number of furan rings is 1. The maximum Gasteiger partial charge on any atom is 0.276 e. The second kappa shape index (κ2) is 3.92. The summed E-state index contributed by atoms with van der Waals surface area (Å²) in [4.78, 5) is 0. The number of fused-ring (bicyclic) bond motifs is 1. The van der Waals surface area contributed by atoms with Crippen LogP contribution in [0.2, 0.25) is 0 Å². The lowest BCUT2D eigenvalue weighted by Crippen LogP contribution is -2.38. The minimum Gasteiger partial charge on any atom is -0.449 e. The van der Waals surface area contributed by atoms with Crippen LogP contribution in [0, 0.1) is 6.92 Å². The van der Waals surface area contributed by atoms with Crippen molar-refractivity contribution >= 4 is 10.0 Å². The highest BCUT2D eigenvalue weighted by Crippen LogP contribution is 2.22. The van der Waals surface area contributed by atoms with Gasteiger partial charge in [-0.25, -0.2) is 8.42 Å². The third-order valence-corrected chi connectivity index (χ3v) is 4.63. The number of sulfonamides is 1. The molecule has 0 bridgehead atoms. The third kappa shape index (κ3) is 1.73. The van der Waals surface area contributed by atoms with E-state index < -0.39 is 10.0 Å². The first-order valence-corrected chi connectivity index (χ1v) is 6.94. The van der Waals surface area contributed by atoms with E-state index in [1.54, 1.807) is 19.3 Å². The van der Waals surface area contributed by atoms with Crippen molar-refractivity contribution in [3.05, 3.63) is 30.0 Å². The minimum absolute atomic E-state index is 0.0204. The van der Waals surface area contributed by atoms with Gasteiger partial charge in [0.25, 0.3) is 10.0 Å². The molecule has 7 nitrogen and oxygen atoms in total. The van der Waals surface area contributed by atoms with Gasteiger partial charge in [-0.1, -0.05) is 0 Å². The fourth-order valence-corrected chi connectivity index (χ4v) is 3.27. The summed E-state index contributed by atoms with van der Waals surface area (Å²) >= 11 is 0. The minimum atomic E-state index is -3.58. The van der Waals surface area contributed by atoms with Crippen molar-refractivity contribution in [2.24, 2.45) is 0 Å². The molecule has 0 saturated heterocycles. The van der Waals surface area contributed by atoms with Crippen molar-refractivity contribution in [2.45, 2.75) is 25.1 Å². The van der Waals surface area contributed by atoms with Crippen molar-refractivity contribution in [3.63, 3.8) is 0 Å². The first-order valence-electron chi connectivity index (χ1n) is 5.50. The average molecular weight is 268 g/mol. The van der Waals surface area contributed by atoms with Crippen molar-refractivity contribution in [3.8, 4) is 0 Å². The van der Waals surface area contributed by atoms with Crippen molar-refractivity contribution in [1.29, 1.82) is 0 Å². The molecular weight excluding hydrogens is 256 g/mol. The normalized spacial score (nSPS) is 16.7. The Kier molecular flexibility index (Phi) is 2.49. The summed E-state index contributed by atoms with van der Waals surface area (Å²) in [7, 11) is -3.58. The zero-order chi connectivity index (χ0) is 12.8. The molecule has 0 radical (unpaired) electrons. The van der Waals surface area contributed by atoms with Crippen LogP contribution < -0.4 is 0 Å². The smallest absolute Gasteiger partial charge is 0.276 e. The summed E-state index contributed by atoms with van der Waals surface area (Å²) in [6.07, 6.45) is 1.61. The van der Waals surface area contributed by atoms with E-state index in [0.29, 0.717) is 24.7 Å². The molecule has 2 aromatic heterocycles. The summed E-state index contributed by atoms with van der Waals surface area (Å²) in [6, 6.07) is 3.11. The fraction of sp³-hybridized carbons (Fsp3) is 0.400. The predicted octanol–water partition coefficient (Wildman–Crippen LogP) is 0.384. The Morgan fingerprint density at radius 1 is 1.33 bits per heavy atom. The van der Waals surface area contributed by atoms with Crippen LogP contribution in [0.5, 0.6) is 0 Å². The van der Waals surface area contributed by atoms with Crippen LogP contribution in [0.25, 0.3) is 0 Å². The molecular formula is C10H12N4O3S. The molecule has 0 spiro atoms. The number of rotatable bonds is 2. The fourth-order valence-electron chi connectivity index (χ4n) is 1.93. The lowest BCUT2D eigenvalue weighted by atomic mass is 10.4. The molecule has 1 aliphatic rings. The van der Waals surface area contributed by atoms with Gasteiger partial charge in [-0.05, 0) is 19.1 Å².